The van der Waals surface area contributed by atoms with Crippen LogP contribution < -0.4 is 15.5 Å². The molecule has 0 bridgehead atoms. The Hall–Kier alpha value is -2.44. The van der Waals surface area contributed by atoms with Crippen molar-refractivity contribution in [3.63, 3.8) is 0 Å². The number of rotatable bonds is 3. The fourth-order valence-corrected chi connectivity index (χ4v) is 3.42. The van der Waals surface area contributed by atoms with Crippen molar-refractivity contribution < 1.29 is 9.59 Å². The molecule has 2 aromatic carbocycles. The molecule has 156 valence electrons. The van der Waals surface area contributed by atoms with Crippen molar-refractivity contribution >= 4 is 52.2 Å². The first-order valence-corrected chi connectivity index (χ1v) is 10.3. The van der Waals surface area contributed by atoms with Crippen LogP contribution in [0.3, 0.4) is 0 Å². The molecule has 3 rings (SSSR count). The van der Waals surface area contributed by atoms with Gasteiger partial charge in [-0.05, 0) is 36.4 Å². The molecule has 0 radical (unpaired) electrons. The summed E-state index contributed by atoms with van der Waals surface area (Å²) in [6, 6.07) is 12.6. The van der Waals surface area contributed by atoms with Crippen molar-refractivity contribution in [2.45, 2.75) is 20.8 Å². The number of carbonyl (C=O) groups excluding carboxylic acids is 2. The summed E-state index contributed by atoms with van der Waals surface area (Å²) >= 11 is 12.2. The van der Waals surface area contributed by atoms with E-state index in [1.54, 1.807) is 23.1 Å². The van der Waals surface area contributed by atoms with Crippen molar-refractivity contribution in [3.05, 3.63) is 52.5 Å². The van der Waals surface area contributed by atoms with E-state index in [0.29, 0.717) is 41.9 Å². The van der Waals surface area contributed by atoms with Crippen LogP contribution in [0.15, 0.2) is 42.5 Å². The summed E-state index contributed by atoms with van der Waals surface area (Å²) in [5, 5.41) is 6.36. The largest absolute Gasteiger partial charge is 0.368 e. The molecular formula is C21H26Cl2N4O2. The average molecular weight is 437 g/mol. The molecule has 3 amide bonds. The average Bonchev–Trinajstić information content (AvgIpc) is 2.72. The lowest BCUT2D eigenvalue weighted by Crippen LogP contribution is -2.50. The highest BCUT2D eigenvalue weighted by Gasteiger charge is 2.22. The molecule has 29 heavy (non-hydrogen) atoms. The SMILES string of the molecule is CC.CC(=O)Nc1ccc(N2CCN(C(=O)Nc3c(Cl)cccc3Cl)CC2)cc1. The molecule has 0 aromatic heterocycles. The van der Waals surface area contributed by atoms with E-state index < -0.39 is 0 Å². The Morgan fingerprint density at radius 3 is 1.93 bits per heavy atom. The van der Waals surface area contributed by atoms with E-state index in [1.807, 2.05) is 38.1 Å². The van der Waals surface area contributed by atoms with Gasteiger partial charge in [-0.25, -0.2) is 4.79 Å². The Morgan fingerprint density at radius 1 is 0.862 bits per heavy atom. The zero-order chi connectivity index (χ0) is 21.4. The lowest BCUT2D eigenvalue weighted by Gasteiger charge is -2.36. The Labute approximate surface area is 181 Å². The first-order chi connectivity index (χ1) is 13.9. The number of carbonyl (C=O) groups is 2. The van der Waals surface area contributed by atoms with Crippen LogP contribution in [-0.4, -0.2) is 43.0 Å². The van der Waals surface area contributed by atoms with E-state index in [9.17, 15) is 9.59 Å². The minimum atomic E-state index is -0.217. The van der Waals surface area contributed by atoms with Crippen molar-refractivity contribution in [1.29, 1.82) is 0 Å². The summed E-state index contributed by atoms with van der Waals surface area (Å²) in [6.07, 6.45) is 0. The number of urea groups is 1. The van der Waals surface area contributed by atoms with Gasteiger partial charge in [0.2, 0.25) is 5.91 Å². The molecule has 0 saturated carbocycles. The number of nitrogens with one attached hydrogen (secondary N) is 2. The van der Waals surface area contributed by atoms with Gasteiger partial charge in [-0.3, -0.25) is 4.79 Å². The highest BCUT2D eigenvalue weighted by Crippen LogP contribution is 2.30. The second kappa shape index (κ2) is 10.9. The van der Waals surface area contributed by atoms with Crippen molar-refractivity contribution in [3.8, 4) is 0 Å². The van der Waals surface area contributed by atoms with Crippen molar-refractivity contribution in [2.75, 3.05) is 41.7 Å². The second-order valence-corrected chi connectivity index (χ2v) is 7.04. The summed E-state index contributed by atoms with van der Waals surface area (Å²) in [5.41, 5.74) is 2.25. The highest BCUT2D eigenvalue weighted by atomic mass is 35.5. The van der Waals surface area contributed by atoms with E-state index >= 15 is 0 Å². The van der Waals surface area contributed by atoms with E-state index in [0.717, 1.165) is 11.4 Å². The van der Waals surface area contributed by atoms with Gasteiger partial charge >= 0.3 is 6.03 Å². The van der Waals surface area contributed by atoms with Gasteiger partial charge in [0.15, 0.2) is 0 Å². The summed E-state index contributed by atoms with van der Waals surface area (Å²) in [4.78, 5) is 27.5. The molecular weight excluding hydrogens is 411 g/mol. The maximum atomic E-state index is 12.5. The molecule has 1 aliphatic heterocycles. The highest BCUT2D eigenvalue weighted by molar-refractivity contribution is 6.39. The van der Waals surface area contributed by atoms with Crippen LogP contribution in [0.2, 0.25) is 10.0 Å². The normalized spacial score (nSPS) is 13.3. The van der Waals surface area contributed by atoms with Crippen molar-refractivity contribution in [2.24, 2.45) is 0 Å². The first kappa shape index (κ1) is 22.8. The molecule has 2 aromatic rings. The summed E-state index contributed by atoms with van der Waals surface area (Å²) in [6.45, 7) is 8.07. The molecule has 1 heterocycles. The molecule has 0 atom stereocenters. The van der Waals surface area contributed by atoms with Gasteiger partial charge in [-0.2, -0.15) is 0 Å². The Bertz CT molecular complexity index is 815. The summed E-state index contributed by atoms with van der Waals surface area (Å²) in [5.74, 6) is -0.0963. The number of piperazine rings is 1. The molecule has 0 spiro atoms. The second-order valence-electron chi connectivity index (χ2n) is 6.23. The van der Waals surface area contributed by atoms with Gasteiger partial charge in [0.1, 0.15) is 0 Å². The lowest BCUT2D eigenvalue weighted by molar-refractivity contribution is -0.114. The molecule has 2 N–H and O–H groups in total. The fourth-order valence-electron chi connectivity index (χ4n) is 2.93. The van der Waals surface area contributed by atoms with Gasteiger partial charge in [0.25, 0.3) is 0 Å². The molecule has 1 aliphatic rings. The molecule has 8 heteroatoms. The van der Waals surface area contributed by atoms with Crippen LogP contribution >= 0.6 is 23.2 Å². The molecule has 0 unspecified atom stereocenters. The first-order valence-electron chi connectivity index (χ1n) is 9.56. The number of amides is 3. The quantitative estimate of drug-likeness (QED) is 0.682. The third-order valence-corrected chi connectivity index (χ3v) is 4.94. The van der Waals surface area contributed by atoms with Gasteiger partial charge in [0.05, 0.1) is 15.7 Å². The third kappa shape index (κ3) is 6.27. The summed E-state index contributed by atoms with van der Waals surface area (Å²) < 4.78 is 0. The number of hydrogen-bond acceptors (Lipinski definition) is 3. The van der Waals surface area contributed by atoms with Crippen LogP contribution in [0.5, 0.6) is 0 Å². The maximum Gasteiger partial charge on any atom is 0.322 e. The van der Waals surface area contributed by atoms with E-state index in [-0.39, 0.29) is 11.9 Å². The van der Waals surface area contributed by atoms with E-state index in [1.165, 1.54) is 6.92 Å². The predicted octanol–water partition coefficient (Wildman–Crippen LogP) is 5.33. The minimum absolute atomic E-state index is 0.0963. The Kier molecular flexibility index (Phi) is 8.61. The smallest absolute Gasteiger partial charge is 0.322 e. The van der Waals surface area contributed by atoms with Gasteiger partial charge < -0.3 is 20.4 Å². The number of benzene rings is 2. The van der Waals surface area contributed by atoms with Gasteiger partial charge in [-0.1, -0.05) is 43.1 Å². The van der Waals surface area contributed by atoms with Crippen LogP contribution in [0.4, 0.5) is 21.9 Å². The molecule has 0 aliphatic carbocycles. The Morgan fingerprint density at radius 2 is 1.41 bits per heavy atom. The van der Waals surface area contributed by atoms with Crippen molar-refractivity contribution in [1.82, 2.24) is 4.90 Å². The monoisotopic (exact) mass is 436 g/mol. The van der Waals surface area contributed by atoms with Crippen LogP contribution in [-0.2, 0) is 4.79 Å². The van der Waals surface area contributed by atoms with Crippen LogP contribution in [0.25, 0.3) is 0 Å². The Balaban J connectivity index is 0.00000145. The lowest BCUT2D eigenvalue weighted by atomic mass is 10.2. The standard InChI is InChI=1S/C19H20Cl2N4O2.C2H6/c1-13(26)22-14-5-7-15(8-6-14)24-9-11-25(12-10-24)19(27)23-18-16(20)3-2-4-17(18)21;1-2/h2-8H,9-12H2,1H3,(H,22,26)(H,23,27);1-2H3. The van der Waals surface area contributed by atoms with Gasteiger partial charge in [0, 0.05) is 44.5 Å². The third-order valence-electron chi connectivity index (χ3n) is 4.31. The van der Waals surface area contributed by atoms with Crippen LogP contribution in [0.1, 0.15) is 20.8 Å². The predicted molar refractivity (Wildman–Crippen MR) is 121 cm³/mol. The van der Waals surface area contributed by atoms with Crippen LogP contribution in [0, 0.1) is 0 Å². The van der Waals surface area contributed by atoms with E-state index in [2.05, 4.69) is 15.5 Å². The van der Waals surface area contributed by atoms with Gasteiger partial charge in [-0.15, -0.1) is 0 Å². The number of para-hydroxylation sites is 1. The fraction of sp³-hybridized carbons (Fsp3) is 0.333. The van der Waals surface area contributed by atoms with E-state index in [4.69, 9.17) is 23.2 Å². The minimum Gasteiger partial charge on any atom is -0.368 e. The zero-order valence-corrected chi connectivity index (χ0v) is 18.3. The molecule has 6 nitrogen and oxygen atoms in total. The number of nitrogens with zero attached hydrogens (tertiary/aromatic N) is 2. The maximum absolute atomic E-state index is 12.5. The molecule has 1 saturated heterocycles. The topological polar surface area (TPSA) is 64.7 Å². The number of halogens is 2. The zero-order valence-electron chi connectivity index (χ0n) is 16.8. The number of hydrogen-bond donors (Lipinski definition) is 2. The molecule has 1 fully saturated rings. The number of anilines is 3. The summed E-state index contributed by atoms with van der Waals surface area (Å²) in [7, 11) is 0.